The molecule has 0 spiro atoms. The molecule has 156 valence electrons. The molecule has 6 nitrogen and oxygen atoms in total. The predicted molar refractivity (Wildman–Crippen MR) is 103 cm³/mol. The van der Waals surface area contributed by atoms with Gasteiger partial charge in [0.1, 0.15) is 23.8 Å². The number of hydrogen-bond donors (Lipinski definition) is 0. The number of halogens is 2. The minimum Gasteiger partial charge on any atom is -0.423 e. The third kappa shape index (κ3) is 2.93. The normalized spacial score (nSPS) is 24.1. The molecule has 3 aliphatic carbocycles. The van der Waals surface area contributed by atoms with E-state index in [1.807, 2.05) is 0 Å². The zero-order chi connectivity index (χ0) is 21.1. The van der Waals surface area contributed by atoms with E-state index >= 15 is 0 Å². The molecule has 3 aromatic rings. The van der Waals surface area contributed by atoms with Crippen molar-refractivity contribution in [2.75, 3.05) is 0 Å². The average Bonchev–Trinajstić information content (AvgIpc) is 3.11. The number of aryl methyl sites for hydroxylation is 1. The molecule has 1 saturated carbocycles. The zero-order valence-electron chi connectivity index (χ0n) is 17.1. The molecule has 0 aliphatic heterocycles. The Balaban J connectivity index is 1.58. The van der Waals surface area contributed by atoms with Gasteiger partial charge in [0.25, 0.3) is 0 Å². The Kier molecular flexibility index (Phi) is 4.25. The van der Waals surface area contributed by atoms with Crippen LogP contribution in [-0.2, 0) is 16.9 Å². The molecule has 1 aromatic carbocycles. The first-order valence-corrected chi connectivity index (χ1v) is 10.0. The number of benzene rings is 1. The summed E-state index contributed by atoms with van der Waals surface area (Å²) in [5.74, 6) is -0.195. The van der Waals surface area contributed by atoms with Gasteiger partial charge in [0.05, 0.1) is 17.0 Å². The quantitative estimate of drug-likeness (QED) is 0.611. The van der Waals surface area contributed by atoms with E-state index in [2.05, 4.69) is 34.2 Å². The molecule has 0 radical (unpaired) electrons. The van der Waals surface area contributed by atoms with Crippen molar-refractivity contribution in [3.05, 3.63) is 58.9 Å². The van der Waals surface area contributed by atoms with Crippen molar-refractivity contribution in [1.29, 1.82) is 0 Å². The standard InChI is InChI=1S/C22H22F2N4O2/c1-12-25-27-18(30-12)10-29-22-8-7-14(21(2,3)11-22)13-9-17(26-28-20(13)22)19-15(23)5-4-6-16(19)24/h4-6,9,14H,7-8,10-11H2,1-3H3/t14-,22+/m0/s1. The molecule has 30 heavy (non-hydrogen) atoms. The lowest BCUT2D eigenvalue weighted by Gasteiger charge is -2.54. The van der Waals surface area contributed by atoms with Crippen molar-refractivity contribution in [2.45, 2.75) is 58.2 Å². The summed E-state index contributed by atoms with van der Waals surface area (Å²) >= 11 is 0. The summed E-state index contributed by atoms with van der Waals surface area (Å²) in [6.45, 7) is 6.29. The van der Waals surface area contributed by atoms with Crippen LogP contribution in [0.3, 0.4) is 0 Å². The van der Waals surface area contributed by atoms with Gasteiger partial charge in [-0.3, -0.25) is 0 Å². The van der Waals surface area contributed by atoms with Gasteiger partial charge < -0.3 is 9.15 Å². The second-order valence-electron chi connectivity index (χ2n) is 8.88. The smallest absolute Gasteiger partial charge is 0.242 e. The molecule has 1 fully saturated rings. The monoisotopic (exact) mass is 412 g/mol. The maximum absolute atomic E-state index is 14.3. The first-order chi connectivity index (χ1) is 14.3. The molecule has 2 aromatic heterocycles. The first kappa shape index (κ1) is 19.2. The van der Waals surface area contributed by atoms with Crippen molar-refractivity contribution in [3.63, 3.8) is 0 Å². The maximum atomic E-state index is 14.3. The van der Waals surface area contributed by atoms with Gasteiger partial charge in [0.15, 0.2) is 0 Å². The summed E-state index contributed by atoms with van der Waals surface area (Å²) in [4.78, 5) is 0. The number of hydrogen-bond acceptors (Lipinski definition) is 6. The largest absolute Gasteiger partial charge is 0.423 e. The van der Waals surface area contributed by atoms with Crippen LogP contribution in [0, 0.1) is 24.0 Å². The molecule has 3 aliphatic rings. The first-order valence-electron chi connectivity index (χ1n) is 10.0. The van der Waals surface area contributed by atoms with Crippen molar-refractivity contribution < 1.29 is 17.9 Å². The Morgan fingerprint density at radius 1 is 1.13 bits per heavy atom. The molecular formula is C22H22F2N4O2. The van der Waals surface area contributed by atoms with Gasteiger partial charge >= 0.3 is 0 Å². The van der Waals surface area contributed by atoms with Gasteiger partial charge in [0, 0.05) is 6.92 Å². The third-order valence-electron chi connectivity index (χ3n) is 6.41. The molecule has 0 N–H and O–H groups in total. The molecule has 0 saturated heterocycles. The van der Waals surface area contributed by atoms with Crippen LogP contribution in [-0.4, -0.2) is 20.4 Å². The van der Waals surface area contributed by atoms with Crippen molar-refractivity contribution in [3.8, 4) is 11.3 Å². The van der Waals surface area contributed by atoms with Gasteiger partial charge in [-0.15, -0.1) is 15.3 Å². The number of aromatic nitrogens is 4. The van der Waals surface area contributed by atoms with Gasteiger partial charge in [0.2, 0.25) is 11.8 Å². The fourth-order valence-electron chi connectivity index (χ4n) is 5.17. The summed E-state index contributed by atoms with van der Waals surface area (Å²) in [6.07, 6.45) is 2.46. The van der Waals surface area contributed by atoms with E-state index in [-0.39, 0.29) is 29.2 Å². The Labute approximate surface area is 172 Å². The minimum atomic E-state index is -0.651. The van der Waals surface area contributed by atoms with E-state index in [1.54, 1.807) is 13.0 Å². The van der Waals surface area contributed by atoms with Crippen LogP contribution >= 0.6 is 0 Å². The maximum Gasteiger partial charge on any atom is 0.242 e. The lowest BCUT2D eigenvalue weighted by molar-refractivity contribution is -0.139. The predicted octanol–water partition coefficient (Wildman–Crippen LogP) is 4.83. The lowest BCUT2D eigenvalue weighted by atomic mass is 9.54. The van der Waals surface area contributed by atoms with E-state index in [0.717, 1.165) is 30.5 Å². The Hall–Kier alpha value is -2.74. The lowest BCUT2D eigenvalue weighted by Crippen LogP contribution is -2.49. The second-order valence-corrected chi connectivity index (χ2v) is 8.88. The number of nitrogens with zero attached hydrogens (tertiary/aromatic N) is 4. The van der Waals surface area contributed by atoms with E-state index in [9.17, 15) is 8.78 Å². The molecule has 0 unspecified atom stereocenters. The number of fused-ring (bicyclic) bond motifs is 2. The van der Waals surface area contributed by atoms with E-state index < -0.39 is 17.2 Å². The molecular weight excluding hydrogens is 390 g/mol. The number of rotatable bonds is 4. The molecule has 2 atom stereocenters. The highest BCUT2D eigenvalue weighted by atomic mass is 19.1. The highest BCUT2D eigenvalue weighted by Crippen LogP contribution is 2.61. The van der Waals surface area contributed by atoms with E-state index in [1.165, 1.54) is 18.2 Å². The summed E-state index contributed by atoms with van der Waals surface area (Å²) in [5, 5.41) is 16.5. The SMILES string of the molecule is Cc1nnc(CO[C@@]23CC[C@@H](c4cc(-c5c(F)cccc5F)nnc42)C(C)(C)C3)o1. The third-order valence-corrected chi connectivity index (χ3v) is 6.41. The van der Waals surface area contributed by atoms with Crippen LogP contribution in [0.4, 0.5) is 8.78 Å². The van der Waals surface area contributed by atoms with Crippen LogP contribution in [0.5, 0.6) is 0 Å². The highest BCUT2D eigenvalue weighted by Gasteiger charge is 2.55. The molecule has 2 heterocycles. The van der Waals surface area contributed by atoms with Crippen molar-refractivity contribution in [1.82, 2.24) is 20.4 Å². The Morgan fingerprint density at radius 2 is 1.90 bits per heavy atom. The molecule has 0 amide bonds. The van der Waals surface area contributed by atoms with Gasteiger partial charge in [-0.1, -0.05) is 19.9 Å². The van der Waals surface area contributed by atoms with Gasteiger partial charge in [-0.05, 0) is 54.4 Å². The minimum absolute atomic E-state index is 0.0654. The summed E-state index contributed by atoms with van der Waals surface area (Å²) in [7, 11) is 0. The molecule has 2 bridgehead atoms. The average molecular weight is 412 g/mol. The topological polar surface area (TPSA) is 73.9 Å². The fourth-order valence-corrected chi connectivity index (χ4v) is 5.17. The van der Waals surface area contributed by atoms with Crippen molar-refractivity contribution in [2.24, 2.45) is 5.41 Å². The molecule has 8 heteroatoms. The van der Waals surface area contributed by atoms with E-state index in [0.29, 0.717) is 11.8 Å². The van der Waals surface area contributed by atoms with Gasteiger partial charge in [-0.2, -0.15) is 5.10 Å². The van der Waals surface area contributed by atoms with Crippen LogP contribution < -0.4 is 0 Å². The number of ether oxygens (including phenoxy) is 1. The van der Waals surface area contributed by atoms with Crippen LogP contribution in [0.25, 0.3) is 11.3 Å². The highest BCUT2D eigenvalue weighted by molar-refractivity contribution is 5.62. The Bertz CT molecular complexity index is 1110. The van der Waals surface area contributed by atoms with Crippen LogP contribution in [0.2, 0.25) is 0 Å². The summed E-state index contributed by atoms with van der Waals surface area (Å²) in [6, 6.07) is 5.58. The fraction of sp³-hybridized carbons (Fsp3) is 0.455. The molecule has 6 rings (SSSR count). The second kappa shape index (κ2) is 6.63. The zero-order valence-corrected chi connectivity index (χ0v) is 17.1. The van der Waals surface area contributed by atoms with E-state index in [4.69, 9.17) is 9.15 Å². The van der Waals surface area contributed by atoms with Crippen LogP contribution in [0.15, 0.2) is 28.7 Å². The van der Waals surface area contributed by atoms with Crippen LogP contribution in [0.1, 0.15) is 62.1 Å². The Morgan fingerprint density at radius 3 is 2.57 bits per heavy atom. The summed E-state index contributed by atoms with van der Waals surface area (Å²) in [5.41, 5.74) is 1.04. The summed E-state index contributed by atoms with van der Waals surface area (Å²) < 4.78 is 40.5. The van der Waals surface area contributed by atoms with Crippen molar-refractivity contribution >= 4 is 0 Å². The van der Waals surface area contributed by atoms with Gasteiger partial charge in [-0.25, -0.2) is 8.78 Å².